The highest BCUT2D eigenvalue weighted by Crippen LogP contribution is 2.57. The smallest absolute Gasteiger partial charge is 0.0934 e. The molecule has 1 N–H and O–H groups in total. The van der Waals surface area contributed by atoms with Crippen molar-refractivity contribution in [2.75, 3.05) is 6.54 Å². The van der Waals surface area contributed by atoms with Gasteiger partial charge in [-0.2, -0.15) is 0 Å². The van der Waals surface area contributed by atoms with Crippen molar-refractivity contribution in [2.24, 2.45) is 17.3 Å². The molecule has 3 saturated carbocycles. The lowest BCUT2D eigenvalue weighted by Crippen LogP contribution is -2.41. The van der Waals surface area contributed by atoms with E-state index in [1.165, 1.54) is 62.2 Å². The Bertz CT molecular complexity index is 465. The molecule has 2 nitrogen and oxygen atoms in total. The molecule has 0 radical (unpaired) electrons. The topological polar surface area (TPSA) is 24.9 Å². The van der Waals surface area contributed by atoms with Crippen LogP contribution in [0.4, 0.5) is 0 Å². The zero-order chi connectivity index (χ0) is 12.9. The summed E-state index contributed by atoms with van der Waals surface area (Å²) in [4.78, 5) is 4.74. The van der Waals surface area contributed by atoms with Gasteiger partial charge in [-0.25, -0.2) is 4.98 Å². The monoisotopic (exact) mass is 276 g/mol. The first-order valence-electron chi connectivity index (χ1n) is 7.88. The van der Waals surface area contributed by atoms with E-state index in [2.05, 4.69) is 17.6 Å². The molecule has 2 bridgehead atoms. The van der Waals surface area contributed by atoms with Gasteiger partial charge in [0.25, 0.3) is 0 Å². The molecule has 3 heteroatoms. The molecule has 3 atom stereocenters. The Morgan fingerprint density at radius 1 is 1.37 bits per heavy atom. The van der Waals surface area contributed by atoms with Crippen LogP contribution in [-0.2, 0) is 6.42 Å². The van der Waals surface area contributed by atoms with Gasteiger partial charge < -0.3 is 5.32 Å². The van der Waals surface area contributed by atoms with Crippen LogP contribution in [0, 0.1) is 24.2 Å². The van der Waals surface area contributed by atoms with E-state index >= 15 is 0 Å². The molecule has 4 rings (SSSR count). The molecule has 0 aromatic carbocycles. The SMILES string of the molecule is Cc1csc(CC2(CNC3CC3)CC3CCC2C3)n1. The van der Waals surface area contributed by atoms with Gasteiger partial charge in [-0.15, -0.1) is 11.3 Å². The summed E-state index contributed by atoms with van der Waals surface area (Å²) >= 11 is 1.87. The molecule has 3 aliphatic carbocycles. The van der Waals surface area contributed by atoms with E-state index in [0.717, 1.165) is 17.9 Å². The van der Waals surface area contributed by atoms with Crippen LogP contribution in [0.5, 0.6) is 0 Å². The lowest BCUT2D eigenvalue weighted by Gasteiger charge is -2.37. The Labute approximate surface area is 120 Å². The maximum absolute atomic E-state index is 4.74. The summed E-state index contributed by atoms with van der Waals surface area (Å²) in [6, 6.07) is 0.842. The van der Waals surface area contributed by atoms with Gasteiger partial charge in [-0.05, 0) is 56.3 Å². The quantitative estimate of drug-likeness (QED) is 0.889. The van der Waals surface area contributed by atoms with E-state index in [4.69, 9.17) is 4.98 Å². The van der Waals surface area contributed by atoms with Crippen molar-refractivity contribution < 1.29 is 0 Å². The van der Waals surface area contributed by atoms with Gasteiger partial charge >= 0.3 is 0 Å². The maximum atomic E-state index is 4.74. The Morgan fingerprint density at radius 3 is 2.84 bits per heavy atom. The van der Waals surface area contributed by atoms with Crippen LogP contribution in [0.2, 0.25) is 0 Å². The lowest BCUT2D eigenvalue weighted by molar-refractivity contribution is 0.155. The minimum absolute atomic E-state index is 0.538. The third-order valence-electron chi connectivity index (χ3n) is 5.59. The molecule has 0 saturated heterocycles. The average Bonchev–Trinajstić information content (AvgIpc) is 2.80. The van der Waals surface area contributed by atoms with E-state index in [1.54, 1.807) is 0 Å². The number of thiazole rings is 1. The molecule has 19 heavy (non-hydrogen) atoms. The largest absolute Gasteiger partial charge is 0.313 e. The van der Waals surface area contributed by atoms with Crippen molar-refractivity contribution in [2.45, 2.75) is 57.9 Å². The predicted molar refractivity (Wildman–Crippen MR) is 79.5 cm³/mol. The zero-order valence-electron chi connectivity index (χ0n) is 11.8. The van der Waals surface area contributed by atoms with Gasteiger partial charge in [-0.3, -0.25) is 0 Å². The molecular weight excluding hydrogens is 252 g/mol. The first-order valence-corrected chi connectivity index (χ1v) is 8.76. The average molecular weight is 276 g/mol. The summed E-state index contributed by atoms with van der Waals surface area (Å²) < 4.78 is 0. The summed E-state index contributed by atoms with van der Waals surface area (Å²) in [6.07, 6.45) is 9.95. The minimum Gasteiger partial charge on any atom is -0.313 e. The summed E-state index contributed by atoms with van der Waals surface area (Å²) in [6.45, 7) is 3.37. The number of nitrogens with one attached hydrogen (secondary N) is 1. The van der Waals surface area contributed by atoms with E-state index in [1.807, 2.05) is 11.3 Å². The summed E-state index contributed by atoms with van der Waals surface area (Å²) in [5.74, 6) is 1.99. The maximum Gasteiger partial charge on any atom is 0.0934 e. The minimum atomic E-state index is 0.538. The van der Waals surface area contributed by atoms with Crippen LogP contribution in [-0.4, -0.2) is 17.6 Å². The second-order valence-electron chi connectivity index (χ2n) is 7.16. The molecule has 0 aliphatic heterocycles. The molecular formula is C16H24N2S. The second kappa shape index (κ2) is 4.56. The van der Waals surface area contributed by atoms with Crippen LogP contribution in [0.3, 0.4) is 0 Å². The summed E-state index contributed by atoms with van der Waals surface area (Å²) in [5, 5.41) is 7.42. The Hall–Kier alpha value is -0.410. The van der Waals surface area contributed by atoms with Crippen molar-refractivity contribution in [3.63, 3.8) is 0 Å². The molecule has 0 spiro atoms. The molecule has 3 unspecified atom stereocenters. The van der Waals surface area contributed by atoms with Crippen LogP contribution in [0.15, 0.2) is 5.38 Å². The van der Waals surface area contributed by atoms with Gasteiger partial charge in [0.2, 0.25) is 0 Å². The number of fused-ring (bicyclic) bond motifs is 2. The number of aromatic nitrogens is 1. The van der Waals surface area contributed by atoms with Crippen LogP contribution in [0.1, 0.15) is 49.2 Å². The molecule has 1 aromatic rings. The Kier molecular flexibility index (Phi) is 2.96. The van der Waals surface area contributed by atoms with E-state index in [0.29, 0.717) is 5.41 Å². The van der Waals surface area contributed by atoms with Crippen molar-refractivity contribution in [3.8, 4) is 0 Å². The fraction of sp³-hybridized carbons (Fsp3) is 0.812. The second-order valence-corrected chi connectivity index (χ2v) is 8.10. The van der Waals surface area contributed by atoms with E-state index in [9.17, 15) is 0 Å². The highest BCUT2D eigenvalue weighted by atomic mass is 32.1. The Morgan fingerprint density at radius 2 is 2.26 bits per heavy atom. The summed E-state index contributed by atoms with van der Waals surface area (Å²) in [7, 11) is 0. The zero-order valence-corrected chi connectivity index (χ0v) is 12.6. The van der Waals surface area contributed by atoms with Gasteiger partial charge in [0.05, 0.1) is 5.01 Å². The van der Waals surface area contributed by atoms with Crippen molar-refractivity contribution in [1.82, 2.24) is 10.3 Å². The number of hydrogen-bond donors (Lipinski definition) is 1. The summed E-state index contributed by atoms with van der Waals surface area (Å²) in [5.41, 5.74) is 1.74. The standard InChI is InChI=1S/C16H24N2S/c1-11-9-19-15(18-11)8-16(10-17-14-4-5-14)7-12-2-3-13(16)6-12/h9,12-14,17H,2-8,10H2,1H3. The Balaban J connectivity index is 1.53. The van der Waals surface area contributed by atoms with Gasteiger partial charge in [0.1, 0.15) is 0 Å². The van der Waals surface area contributed by atoms with Crippen LogP contribution < -0.4 is 5.32 Å². The van der Waals surface area contributed by atoms with Crippen LogP contribution >= 0.6 is 11.3 Å². The highest BCUT2D eigenvalue weighted by molar-refractivity contribution is 7.09. The predicted octanol–water partition coefficient (Wildman–Crippen LogP) is 3.55. The molecule has 0 amide bonds. The van der Waals surface area contributed by atoms with Gasteiger partial charge in [-0.1, -0.05) is 6.42 Å². The fourth-order valence-corrected chi connectivity index (χ4v) is 5.40. The van der Waals surface area contributed by atoms with E-state index in [-0.39, 0.29) is 0 Å². The molecule has 3 fully saturated rings. The highest BCUT2D eigenvalue weighted by Gasteiger charge is 2.51. The van der Waals surface area contributed by atoms with Gasteiger partial charge in [0.15, 0.2) is 0 Å². The fourth-order valence-electron chi connectivity index (χ4n) is 4.47. The third-order valence-corrected chi connectivity index (χ3v) is 6.56. The number of nitrogens with zero attached hydrogens (tertiary/aromatic N) is 1. The first-order chi connectivity index (χ1) is 9.23. The van der Waals surface area contributed by atoms with Crippen molar-refractivity contribution in [1.29, 1.82) is 0 Å². The van der Waals surface area contributed by atoms with Gasteiger partial charge in [0, 0.05) is 30.1 Å². The number of aryl methyl sites for hydroxylation is 1. The lowest BCUT2D eigenvalue weighted by atomic mass is 9.71. The molecule has 1 heterocycles. The molecule has 104 valence electrons. The number of hydrogen-bond acceptors (Lipinski definition) is 3. The van der Waals surface area contributed by atoms with Crippen molar-refractivity contribution in [3.05, 3.63) is 16.1 Å². The number of rotatable bonds is 5. The normalized spacial score (nSPS) is 37.1. The third kappa shape index (κ3) is 2.36. The molecule has 3 aliphatic rings. The van der Waals surface area contributed by atoms with E-state index < -0.39 is 0 Å². The van der Waals surface area contributed by atoms with Crippen LogP contribution in [0.25, 0.3) is 0 Å². The first kappa shape index (κ1) is 12.3. The molecule has 1 aromatic heterocycles. The van der Waals surface area contributed by atoms with Crippen molar-refractivity contribution >= 4 is 11.3 Å².